The lowest BCUT2D eigenvalue weighted by molar-refractivity contribution is -0.371. The molecule has 10 N–H and O–H groups in total. The topological polar surface area (TPSA) is 275 Å². The summed E-state index contributed by atoms with van der Waals surface area (Å²) in [6, 6.07) is 0. The number of fused-ring (bicyclic) bond motifs is 5. The first kappa shape index (κ1) is 48.9. The number of hydrogen-bond donors (Lipinski definition) is 10. The molecule has 358 valence electrons. The third-order valence-electron chi connectivity index (χ3n) is 17.3. The molecule has 0 aromatic rings. The van der Waals surface area contributed by atoms with Gasteiger partial charge in [-0.15, -0.1) is 0 Å². The minimum Gasteiger partial charge on any atom is -0.394 e. The minimum absolute atomic E-state index is 0.0286. The van der Waals surface area contributed by atoms with Crippen LogP contribution in [0.5, 0.6) is 0 Å². The number of hydrogen-bond acceptors (Lipinski definition) is 17. The van der Waals surface area contributed by atoms with Crippen molar-refractivity contribution in [2.24, 2.45) is 52.3 Å². The number of carbonyl (C=O) groups is 1. The molecule has 0 amide bonds. The maximum atomic E-state index is 13.8. The van der Waals surface area contributed by atoms with Gasteiger partial charge in [0, 0.05) is 12.3 Å². The molecule has 3 aliphatic heterocycles. The quantitative estimate of drug-likeness (QED) is 0.104. The molecular formula is C45H76O17. The Morgan fingerprint density at radius 1 is 0.661 bits per heavy atom. The lowest BCUT2D eigenvalue weighted by Crippen LogP contribution is -2.64. The number of rotatable bonds is 14. The van der Waals surface area contributed by atoms with Crippen molar-refractivity contribution in [2.75, 3.05) is 19.8 Å². The highest BCUT2D eigenvalue weighted by atomic mass is 16.8. The van der Waals surface area contributed by atoms with Crippen molar-refractivity contribution in [3.63, 3.8) is 0 Å². The summed E-state index contributed by atoms with van der Waals surface area (Å²) in [5.74, 6) is 2.48. The monoisotopic (exact) mass is 889 g/mol. The fourth-order valence-corrected chi connectivity index (χ4v) is 13.4. The van der Waals surface area contributed by atoms with Gasteiger partial charge in [-0.3, -0.25) is 4.79 Å². The van der Waals surface area contributed by atoms with Crippen LogP contribution in [0.2, 0.25) is 0 Å². The van der Waals surface area contributed by atoms with Crippen LogP contribution in [0, 0.1) is 52.3 Å². The van der Waals surface area contributed by atoms with E-state index < -0.39 is 105 Å². The largest absolute Gasteiger partial charge is 0.394 e. The highest BCUT2D eigenvalue weighted by molar-refractivity contribution is 5.81. The van der Waals surface area contributed by atoms with E-state index in [1.807, 2.05) is 6.92 Å². The Labute approximate surface area is 365 Å². The summed E-state index contributed by atoms with van der Waals surface area (Å²) >= 11 is 0. The van der Waals surface area contributed by atoms with Crippen molar-refractivity contribution in [2.45, 2.75) is 203 Å². The third-order valence-corrected chi connectivity index (χ3v) is 17.3. The van der Waals surface area contributed by atoms with E-state index in [-0.39, 0.29) is 41.2 Å². The third kappa shape index (κ3) is 9.20. The van der Waals surface area contributed by atoms with Crippen LogP contribution in [0.4, 0.5) is 0 Å². The number of Topliss-reactive ketones (excluding diaryl/α,β-unsaturated/α-hetero) is 1. The summed E-state index contributed by atoms with van der Waals surface area (Å²) in [5.41, 5.74) is 0.165. The van der Waals surface area contributed by atoms with Crippen LogP contribution >= 0.6 is 0 Å². The van der Waals surface area contributed by atoms with Gasteiger partial charge in [0.25, 0.3) is 0 Å². The molecule has 0 radical (unpaired) electrons. The number of aliphatic hydroxyl groups is 10. The van der Waals surface area contributed by atoms with E-state index in [1.165, 1.54) is 6.92 Å². The summed E-state index contributed by atoms with van der Waals surface area (Å²) in [6.45, 7) is 9.55. The molecule has 0 bridgehead atoms. The Hall–Kier alpha value is -0.970. The molecule has 7 rings (SSSR count). The Balaban J connectivity index is 0.928. The van der Waals surface area contributed by atoms with Crippen molar-refractivity contribution < 1.29 is 84.3 Å². The van der Waals surface area contributed by atoms with Crippen molar-refractivity contribution >= 4 is 5.78 Å². The van der Waals surface area contributed by atoms with E-state index in [0.29, 0.717) is 42.4 Å². The van der Waals surface area contributed by atoms with Crippen molar-refractivity contribution in [3.8, 4) is 0 Å². The zero-order valence-electron chi connectivity index (χ0n) is 37.0. The van der Waals surface area contributed by atoms with Crippen molar-refractivity contribution in [1.82, 2.24) is 0 Å². The van der Waals surface area contributed by atoms with Crippen LogP contribution in [0.15, 0.2) is 0 Å². The zero-order valence-corrected chi connectivity index (χ0v) is 37.0. The second-order valence-corrected chi connectivity index (χ2v) is 20.8. The molecule has 7 aliphatic rings. The first-order chi connectivity index (χ1) is 29.3. The average molecular weight is 889 g/mol. The smallest absolute Gasteiger partial charge is 0.187 e. The van der Waals surface area contributed by atoms with Gasteiger partial charge in [-0.1, -0.05) is 27.7 Å². The molecule has 17 heteroatoms. The van der Waals surface area contributed by atoms with Crippen LogP contribution in [0.1, 0.15) is 105 Å². The summed E-state index contributed by atoms with van der Waals surface area (Å²) in [6.07, 6.45) is -10.6. The molecule has 3 saturated heterocycles. The van der Waals surface area contributed by atoms with Gasteiger partial charge in [0.05, 0.1) is 32.0 Å². The summed E-state index contributed by atoms with van der Waals surface area (Å²) < 4.78 is 35.4. The predicted molar refractivity (Wildman–Crippen MR) is 217 cm³/mol. The van der Waals surface area contributed by atoms with E-state index in [2.05, 4.69) is 20.8 Å². The molecule has 5 unspecified atom stereocenters. The van der Waals surface area contributed by atoms with Crippen LogP contribution in [0.25, 0.3) is 0 Å². The van der Waals surface area contributed by atoms with E-state index in [1.54, 1.807) is 0 Å². The van der Waals surface area contributed by atoms with Crippen LogP contribution < -0.4 is 0 Å². The highest BCUT2D eigenvalue weighted by Gasteiger charge is 2.62. The fraction of sp³-hybridized carbons (Fsp3) is 0.978. The minimum atomic E-state index is -1.64. The highest BCUT2D eigenvalue weighted by Crippen LogP contribution is 2.68. The van der Waals surface area contributed by atoms with Crippen LogP contribution in [-0.4, -0.2) is 175 Å². The molecule has 62 heavy (non-hydrogen) atoms. The first-order valence-electron chi connectivity index (χ1n) is 23.4. The van der Waals surface area contributed by atoms with Crippen LogP contribution in [-0.2, 0) is 33.2 Å². The molecule has 3 heterocycles. The molecular weight excluding hydrogens is 812 g/mol. The van der Waals surface area contributed by atoms with Gasteiger partial charge in [-0.2, -0.15) is 0 Å². The van der Waals surface area contributed by atoms with Gasteiger partial charge < -0.3 is 79.5 Å². The Bertz CT molecular complexity index is 1490. The summed E-state index contributed by atoms with van der Waals surface area (Å²) in [4.78, 5) is 13.8. The maximum Gasteiger partial charge on any atom is 0.187 e. The van der Waals surface area contributed by atoms with Gasteiger partial charge in [0.1, 0.15) is 72.9 Å². The average Bonchev–Trinajstić information content (AvgIpc) is 3.62. The van der Waals surface area contributed by atoms with Crippen molar-refractivity contribution in [1.29, 1.82) is 0 Å². The molecule has 4 aliphatic carbocycles. The SMILES string of the molecule is CC(CCC(=O)[C@H](C)C1CCC2C3CC[C@H]4C[C@@H](O[C@@H]5O[C@H](CO)[C@@H](O)[C@H](O)[C@H]5O[C@@H]5O[C@@H](C)[C@H](O)[C@@H](O)[C@H]5O)CC[C@]4(C)C3CC[C@@]21C)CO[C@@H]1O[C@H](CO)[C@@H](O)[C@H](O)[C@H]1O. The summed E-state index contributed by atoms with van der Waals surface area (Å²) in [5, 5.41) is 103. The first-order valence-corrected chi connectivity index (χ1v) is 23.4. The number of ether oxygens (including phenoxy) is 6. The van der Waals surface area contributed by atoms with Gasteiger partial charge in [-0.05, 0) is 117 Å². The molecule has 4 saturated carbocycles. The van der Waals surface area contributed by atoms with E-state index in [9.17, 15) is 55.9 Å². The summed E-state index contributed by atoms with van der Waals surface area (Å²) in [7, 11) is 0. The van der Waals surface area contributed by atoms with E-state index >= 15 is 0 Å². The Morgan fingerprint density at radius 2 is 1.27 bits per heavy atom. The van der Waals surface area contributed by atoms with E-state index in [4.69, 9.17) is 28.4 Å². The lowest BCUT2D eigenvalue weighted by Gasteiger charge is -2.61. The molecule has 7 fully saturated rings. The number of aliphatic hydroxyl groups excluding tert-OH is 10. The Kier molecular flexibility index (Phi) is 15.6. The fourth-order valence-electron chi connectivity index (χ4n) is 13.4. The van der Waals surface area contributed by atoms with Crippen molar-refractivity contribution in [3.05, 3.63) is 0 Å². The van der Waals surface area contributed by atoms with Gasteiger partial charge in [-0.25, -0.2) is 0 Å². The standard InChI is InChI=1S/C45H76O17/c1-20(19-57-41-38(55)36(53)33(50)30(17-46)60-41)6-11-29(48)21(2)26-9-10-27-25-8-7-23-16-24(12-14-44(23,4)28(25)13-15-45(26,27)5)59-43-40(37(54)34(51)31(18-47)61-43)62-42-39(56)35(52)32(49)22(3)58-42/h20-28,30-43,46-47,49-56H,6-19H2,1-5H3/t20?,21-,22+,23+,24+,25?,26?,27?,28?,30-,31-,32+,33-,34-,35-,36+,37+,38-,39-,40-,41-,42+,43-,44+,45-/m1/s1. The molecule has 25 atom stereocenters. The molecule has 0 aromatic carbocycles. The second kappa shape index (κ2) is 19.7. The van der Waals surface area contributed by atoms with Crippen LogP contribution in [0.3, 0.4) is 0 Å². The van der Waals surface area contributed by atoms with Gasteiger partial charge >= 0.3 is 0 Å². The lowest BCUT2D eigenvalue weighted by atomic mass is 9.44. The molecule has 17 nitrogen and oxygen atoms in total. The predicted octanol–water partition coefficient (Wildman–Crippen LogP) is 0.120. The number of carbonyl (C=O) groups excluding carboxylic acids is 1. The van der Waals surface area contributed by atoms with Gasteiger partial charge in [0.15, 0.2) is 18.9 Å². The molecule has 0 aromatic heterocycles. The van der Waals surface area contributed by atoms with Gasteiger partial charge in [0.2, 0.25) is 0 Å². The molecule has 0 spiro atoms. The second-order valence-electron chi connectivity index (χ2n) is 20.8. The maximum absolute atomic E-state index is 13.8. The Morgan fingerprint density at radius 3 is 1.97 bits per heavy atom. The number of ketones is 1. The normalized spacial score (nSPS) is 51.8. The zero-order chi connectivity index (χ0) is 45.0. The van der Waals surface area contributed by atoms with E-state index in [0.717, 1.165) is 57.8 Å².